The molecule has 0 spiro atoms. The molecule has 2 nitrogen and oxygen atoms in total. The molecule has 76 valence electrons. The van der Waals surface area contributed by atoms with Crippen LogP contribution in [0.15, 0.2) is 48.7 Å². The zero-order valence-electron chi connectivity index (χ0n) is 8.72. The molecule has 0 aliphatic rings. The summed E-state index contributed by atoms with van der Waals surface area (Å²) in [6, 6.07) is 13.8. The highest BCUT2D eigenvalue weighted by atomic mass is 16.3. The molecule has 2 aromatic rings. The Labute approximate surface area is 89.4 Å². The molecule has 15 heavy (non-hydrogen) atoms. The first-order valence-corrected chi connectivity index (χ1v) is 4.99. The normalized spacial score (nSPS) is 10.2. The number of hydrogen-bond acceptors (Lipinski definition) is 1. The number of nitrogens with zero attached hydrogens (tertiary/aromatic N) is 1. The van der Waals surface area contributed by atoms with Crippen LogP contribution >= 0.6 is 0 Å². The van der Waals surface area contributed by atoms with Crippen LogP contribution in [-0.4, -0.2) is 5.11 Å². The van der Waals surface area contributed by atoms with Gasteiger partial charge < -0.3 is 5.11 Å². The van der Waals surface area contributed by atoms with Gasteiger partial charge in [-0.1, -0.05) is 30.3 Å². The molecule has 0 fully saturated rings. The van der Waals surface area contributed by atoms with Crippen molar-refractivity contribution in [1.29, 1.82) is 0 Å². The Hall–Kier alpha value is -1.83. The predicted octanol–water partition coefficient (Wildman–Crippen LogP) is 2.04. The molecule has 1 heterocycles. The summed E-state index contributed by atoms with van der Waals surface area (Å²) >= 11 is 0. The van der Waals surface area contributed by atoms with E-state index in [1.54, 1.807) is 6.07 Å². The first-order chi connectivity index (χ1) is 7.27. The second kappa shape index (κ2) is 4.13. The van der Waals surface area contributed by atoms with Gasteiger partial charge in [0.15, 0.2) is 18.5 Å². The summed E-state index contributed by atoms with van der Waals surface area (Å²) in [6.45, 7) is 2.71. The number of rotatable bonds is 2. The summed E-state index contributed by atoms with van der Waals surface area (Å²) < 4.78 is 2.03. The molecule has 1 aromatic carbocycles. The number of aromatic hydroxyl groups is 1. The van der Waals surface area contributed by atoms with Crippen LogP contribution in [0.2, 0.25) is 0 Å². The van der Waals surface area contributed by atoms with Crippen molar-refractivity contribution in [3.05, 3.63) is 59.9 Å². The highest BCUT2D eigenvalue weighted by Crippen LogP contribution is 2.09. The van der Waals surface area contributed by atoms with Gasteiger partial charge >= 0.3 is 0 Å². The number of hydrogen-bond donors (Lipinski definition) is 1. The number of pyridine rings is 1. The van der Waals surface area contributed by atoms with E-state index in [1.807, 2.05) is 42.0 Å². The fourth-order valence-corrected chi connectivity index (χ4v) is 1.57. The van der Waals surface area contributed by atoms with Gasteiger partial charge in [0.2, 0.25) is 5.69 Å². The molecular formula is C13H14NO+. The third kappa shape index (κ3) is 2.15. The SMILES string of the molecule is Cc1c(O)ccc[n+]1Cc1ccccc1. The van der Waals surface area contributed by atoms with Gasteiger partial charge in [0.1, 0.15) is 0 Å². The van der Waals surface area contributed by atoms with Crippen molar-refractivity contribution in [2.75, 3.05) is 0 Å². The Kier molecular flexibility index (Phi) is 2.68. The van der Waals surface area contributed by atoms with E-state index in [1.165, 1.54) is 5.56 Å². The van der Waals surface area contributed by atoms with Crippen molar-refractivity contribution in [2.45, 2.75) is 13.5 Å². The van der Waals surface area contributed by atoms with E-state index < -0.39 is 0 Å². The first-order valence-electron chi connectivity index (χ1n) is 4.99. The smallest absolute Gasteiger partial charge is 0.220 e. The second-order valence-corrected chi connectivity index (χ2v) is 3.59. The Balaban J connectivity index is 2.29. The standard InChI is InChI=1S/C13H13NO/c1-11-13(15)8-5-9-14(11)10-12-6-3-2-4-7-12/h2-9H,10H2,1H3/p+1. The fourth-order valence-electron chi connectivity index (χ4n) is 1.57. The van der Waals surface area contributed by atoms with Crippen molar-refractivity contribution in [2.24, 2.45) is 0 Å². The van der Waals surface area contributed by atoms with Crippen molar-refractivity contribution in [3.8, 4) is 5.75 Å². The molecule has 0 unspecified atom stereocenters. The van der Waals surface area contributed by atoms with Crippen LogP contribution in [0.1, 0.15) is 11.3 Å². The maximum atomic E-state index is 9.56. The number of benzene rings is 1. The second-order valence-electron chi connectivity index (χ2n) is 3.59. The number of aromatic nitrogens is 1. The van der Waals surface area contributed by atoms with Gasteiger partial charge in [0.25, 0.3) is 0 Å². The van der Waals surface area contributed by atoms with Crippen molar-refractivity contribution in [1.82, 2.24) is 0 Å². The predicted molar refractivity (Wildman–Crippen MR) is 58.6 cm³/mol. The van der Waals surface area contributed by atoms with Crippen LogP contribution in [0.4, 0.5) is 0 Å². The summed E-state index contributed by atoms with van der Waals surface area (Å²) in [7, 11) is 0. The van der Waals surface area contributed by atoms with Crippen molar-refractivity contribution in [3.63, 3.8) is 0 Å². The molecule has 0 saturated carbocycles. The van der Waals surface area contributed by atoms with E-state index in [9.17, 15) is 5.11 Å². The molecule has 0 atom stereocenters. The van der Waals surface area contributed by atoms with E-state index in [0.29, 0.717) is 5.75 Å². The minimum atomic E-state index is 0.341. The third-order valence-corrected chi connectivity index (χ3v) is 2.52. The summed E-state index contributed by atoms with van der Waals surface area (Å²) in [5, 5.41) is 9.56. The molecule has 0 aliphatic carbocycles. The van der Waals surface area contributed by atoms with Crippen LogP contribution in [-0.2, 0) is 6.54 Å². The maximum Gasteiger partial charge on any atom is 0.220 e. The molecule has 1 N–H and O–H groups in total. The largest absolute Gasteiger partial charge is 0.503 e. The molecule has 1 aromatic heterocycles. The zero-order valence-corrected chi connectivity index (χ0v) is 8.72. The molecule has 2 rings (SSSR count). The lowest BCUT2D eigenvalue weighted by Gasteiger charge is -2.01. The summed E-state index contributed by atoms with van der Waals surface area (Å²) in [5.41, 5.74) is 2.12. The zero-order chi connectivity index (χ0) is 10.7. The monoisotopic (exact) mass is 200 g/mol. The van der Waals surface area contributed by atoms with E-state index in [4.69, 9.17) is 0 Å². The summed E-state index contributed by atoms with van der Waals surface area (Å²) in [4.78, 5) is 0. The van der Waals surface area contributed by atoms with Crippen LogP contribution in [0.3, 0.4) is 0 Å². The fraction of sp³-hybridized carbons (Fsp3) is 0.154. The van der Waals surface area contributed by atoms with Gasteiger partial charge in [-0.15, -0.1) is 0 Å². The Morgan fingerprint density at radius 3 is 2.53 bits per heavy atom. The van der Waals surface area contributed by atoms with Gasteiger partial charge in [-0.25, -0.2) is 0 Å². The van der Waals surface area contributed by atoms with Gasteiger partial charge in [0.05, 0.1) is 0 Å². The Morgan fingerprint density at radius 1 is 1.07 bits per heavy atom. The quantitative estimate of drug-likeness (QED) is 0.737. The van der Waals surface area contributed by atoms with Crippen molar-refractivity contribution < 1.29 is 9.67 Å². The van der Waals surface area contributed by atoms with Crippen LogP contribution in [0, 0.1) is 6.92 Å². The Bertz CT molecular complexity index is 451. The van der Waals surface area contributed by atoms with Gasteiger partial charge in [-0.3, -0.25) is 0 Å². The molecular weight excluding hydrogens is 186 g/mol. The van der Waals surface area contributed by atoms with E-state index in [-0.39, 0.29) is 0 Å². The molecule has 0 bridgehead atoms. The summed E-state index contributed by atoms with van der Waals surface area (Å²) in [5.74, 6) is 0.341. The minimum absolute atomic E-state index is 0.341. The molecule has 0 radical (unpaired) electrons. The highest BCUT2D eigenvalue weighted by molar-refractivity contribution is 5.20. The average molecular weight is 200 g/mol. The lowest BCUT2D eigenvalue weighted by atomic mass is 10.2. The lowest BCUT2D eigenvalue weighted by molar-refractivity contribution is -0.694. The molecule has 0 amide bonds. The topological polar surface area (TPSA) is 24.1 Å². The minimum Gasteiger partial charge on any atom is -0.503 e. The van der Waals surface area contributed by atoms with E-state index >= 15 is 0 Å². The van der Waals surface area contributed by atoms with Crippen LogP contribution in [0.5, 0.6) is 5.75 Å². The van der Waals surface area contributed by atoms with Crippen molar-refractivity contribution >= 4 is 0 Å². The summed E-state index contributed by atoms with van der Waals surface area (Å²) in [6.07, 6.45) is 1.97. The Morgan fingerprint density at radius 2 is 1.80 bits per heavy atom. The van der Waals surface area contributed by atoms with Gasteiger partial charge in [-0.05, 0) is 6.07 Å². The van der Waals surface area contributed by atoms with E-state index in [0.717, 1.165) is 12.2 Å². The molecule has 2 heteroatoms. The average Bonchev–Trinajstić information content (AvgIpc) is 2.26. The molecule has 0 saturated heterocycles. The lowest BCUT2D eigenvalue weighted by Crippen LogP contribution is -2.36. The highest BCUT2D eigenvalue weighted by Gasteiger charge is 2.10. The maximum absolute atomic E-state index is 9.56. The third-order valence-electron chi connectivity index (χ3n) is 2.52. The van der Waals surface area contributed by atoms with E-state index in [2.05, 4.69) is 12.1 Å². The van der Waals surface area contributed by atoms with Crippen LogP contribution < -0.4 is 4.57 Å². The van der Waals surface area contributed by atoms with Crippen LogP contribution in [0.25, 0.3) is 0 Å². The molecule has 0 aliphatic heterocycles. The van der Waals surface area contributed by atoms with Gasteiger partial charge in [0, 0.05) is 18.6 Å². The van der Waals surface area contributed by atoms with Gasteiger partial charge in [-0.2, -0.15) is 4.57 Å². The first kappa shape index (κ1) is 9.71.